The molecule has 0 aliphatic rings. The monoisotopic (exact) mass is 456 g/mol. The third kappa shape index (κ3) is 5.60. The van der Waals surface area contributed by atoms with E-state index < -0.39 is 0 Å². The molecule has 0 amide bonds. The number of hydrogen-bond donors (Lipinski definition) is 2. The number of thiocarbonyl (C=S) groups is 1. The van der Waals surface area contributed by atoms with Crippen LogP contribution in [0, 0.1) is 0 Å². The van der Waals surface area contributed by atoms with Crippen molar-refractivity contribution in [3.63, 3.8) is 0 Å². The lowest BCUT2D eigenvalue weighted by Crippen LogP contribution is -2.18. The largest absolute Gasteiger partial charge is 0.330 e. The van der Waals surface area contributed by atoms with Crippen molar-refractivity contribution < 1.29 is 0 Å². The molecular weight excluding hydrogens is 439 g/mol. The van der Waals surface area contributed by atoms with Crippen LogP contribution in [0.15, 0.2) is 73.3 Å². The molecule has 0 aliphatic heterocycles. The van der Waals surface area contributed by atoms with Crippen molar-refractivity contribution in [3.8, 4) is 0 Å². The van der Waals surface area contributed by atoms with Crippen LogP contribution in [0.3, 0.4) is 0 Å². The molecule has 0 unspecified atom stereocenters. The first-order valence-electron chi connectivity index (χ1n) is 9.15. The highest BCUT2D eigenvalue weighted by Crippen LogP contribution is 2.15. The normalized spacial score (nSPS) is 10.7. The Labute approximate surface area is 189 Å². The summed E-state index contributed by atoms with van der Waals surface area (Å²) in [5.74, 6) is 0. The number of nitrogens with one attached hydrogen (secondary N) is 2. The minimum Gasteiger partial charge on any atom is -0.330 e. The molecule has 0 fully saturated rings. The van der Waals surface area contributed by atoms with Gasteiger partial charge in [0.15, 0.2) is 5.11 Å². The quantitative estimate of drug-likeness (QED) is 0.385. The zero-order valence-corrected chi connectivity index (χ0v) is 18.1. The molecule has 4 rings (SSSR count). The molecule has 0 aliphatic carbocycles. The van der Waals surface area contributed by atoms with Crippen molar-refractivity contribution in [2.24, 2.45) is 0 Å². The van der Waals surface area contributed by atoms with E-state index in [1.165, 1.54) is 0 Å². The highest BCUT2D eigenvalue weighted by molar-refractivity contribution is 7.80. The first-order chi connectivity index (χ1) is 14.5. The van der Waals surface area contributed by atoms with Crippen molar-refractivity contribution in [2.75, 3.05) is 10.6 Å². The van der Waals surface area contributed by atoms with Gasteiger partial charge in [0.1, 0.15) is 0 Å². The zero-order valence-electron chi connectivity index (χ0n) is 15.8. The number of nitrogens with zero attached hydrogens (tertiary/aromatic N) is 4. The molecule has 30 heavy (non-hydrogen) atoms. The van der Waals surface area contributed by atoms with Crippen molar-refractivity contribution in [3.05, 3.63) is 94.5 Å². The Morgan fingerprint density at radius 2 is 1.40 bits per heavy atom. The van der Waals surface area contributed by atoms with Crippen LogP contribution >= 0.6 is 35.4 Å². The summed E-state index contributed by atoms with van der Waals surface area (Å²) < 4.78 is 3.65. The maximum atomic E-state index is 6.04. The molecule has 2 heterocycles. The van der Waals surface area contributed by atoms with Crippen LogP contribution in [0.2, 0.25) is 10.0 Å². The Bertz CT molecular complexity index is 1150. The lowest BCUT2D eigenvalue weighted by Gasteiger charge is -2.07. The summed E-state index contributed by atoms with van der Waals surface area (Å²) in [6.07, 6.45) is 7.24. The van der Waals surface area contributed by atoms with Gasteiger partial charge in [-0.1, -0.05) is 47.5 Å². The van der Waals surface area contributed by atoms with Gasteiger partial charge in [0.2, 0.25) is 0 Å². The second kappa shape index (κ2) is 9.30. The maximum Gasteiger partial charge on any atom is 0.175 e. The highest BCUT2D eigenvalue weighted by atomic mass is 35.5. The molecule has 0 saturated carbocycles. The Hall–Kier alpha value is -2.87. The predicted octanol–water partition coefficient (Wildman–Crippen LogP) is 5.29. The summed E-state index contributed by atoms with van der Waals surface area (Å²) in [5, 5.41) is 16.9. The number of halogens is 2. The Kier molecular flexibility index (Phi) is 6.32. The number of anilines is 2. The summed E-state index contributed by atoms with van der Waals surface area (Å²) >= 11 is 17.4. The lowest BCUT2D eigenvalue weighted by molar-refractivity contribution is 0.687. The van der Waals surface area contributed by atoms with E-state index in [2.05, 4.69) is 20.8 Å². The maximum absolute atomic E-state index is 6.04. The molecule has 2 aromatic carbocycles. The molecule has 2 aromatic heterocycles. The molecular formula is C21H18Cl2N6S. The van der Waals surface area contributed by atoms with Gasteiger partial charge in [-0.05, 0) is 47.6 Å². The van der Waals surface area contributed by atoms with Gasteiger partial charge in [-0.15, -0.1) is 0 Å². The molecule has 2 N–H and O–H groups in total. The van der Waals surface area contributed by atoms with E-state index in [0.717, 1.165) is 22.5 Å². The van der Waals surface area contributed by atoms with E-state index in [1.807, 2.05) is 70.3 Å². The summed E-state index contributed by atoms with van der Waals surface area (Å²) in [7, 11) is 0. The van der Waals surface area contributed by atoms with Gasteiger partial charge < -0.3 is 10.6 Å². The Balaban J connectivity index is 1.31. The van der Waals surface area contributed by atoms with Gasteiger partial charge in [0, 0.05) is 22.4 Å². The van der Waals surface area contributed by atoms with Crippen molar-refractivity contribution >= 4 is 51.9 Å². The molecule has 6 nitrogen and oxygen atoms in total. The molecule has 0 bridgehead atoms. The van der Waals surface area contributed by atoms with Gasteiger partial charge in [-0.2, -0.15) is 10.2 Å². The van der Waals surface area contributed by atoms with E-state index in [0.29, 0.717) is 28.2 Å². The average molecular weight is 457 g/mol. The lowest BCUT2D eigenvalue weighted by atomic mass is 10.2. The SMILES string of the molecule is S=C(Nc1cnn(Cc2ccc(Cl)cc2)c1)Nc1cnn(Cc2cccc(Cl)c2)c1. The Morgan fingerprint density at radius 1 is 0.800 bits per heavy atom. The third-order valence-corrected chi connectivity index (χ3v) is 4.96. The third-order valence-electron chi connectivity index (χ3n) is 4.27. The first kappa shape index (κ1) is 20.4. The van der Waals surface area contributed by atoms with Crippen LogP contribution in [0.1, 0.15) is 11.1 Å². The summed E-state index contributed by atoms with van der Waals surface area (Å²) in [6, 6.07) is 15.4. The number of aromatic nitrogens is 4. The summed E-state index contributed by atoms with van der Waals surface area (Å²) in [6.45, 7) is 1.27. The molecule has 4 aromatic rings. The molecule has 0 radical (unpaired) electrons. The zero-order chi connectivity index (χ0) is 20.9. The fourth-order valence-electron chi connectivity index (χ4n) is 2.92. The van der Waals surface area contributed by atoms with E-state index in [-0.39, 0.29) is 0 Å². The van der Waals surface area contributed by atoms with Gasteiger partial charge in [0.05, 0.1) is 36.9 Å². The van der Waals surface area contributed by atoms with Crippen molar-refractivity contribution in [1.82, 2.24) is 19.6 Å². The minimum absolute atomic E-state index is 0.461. The topological polar surface area (TPSA) is 59.7 Å². The fourth-order valence-corrected chi connectivity index (χ4v) is 3.50. The molecule has 9 heteroatoms. The summed E-state index contributed by atoms with van der Waals surface area (Å²) in [5.41, 5.74) is 3.78. The fraction of sp³-hybridized carbons (Fsp3) is 0.0952. The number of hydrogen-bond acceptors (Lipinski definition) is 3. The van der Waals surface area contributed by atoms with E-state index in [4.69, 9.17) is 35.4 Å². The van der Waals surface area contributed by atoms with Gasteiger partial charge in [0.25, 0.3) is 0 Å². The standard InChI is InChI=1S/C21H18Cl2N6S/c22-17-6-4-15(5-7-17)11-28-13-19(9-24-28)26-21(30)27-20-10-25-29(14-20)12-16-2-1-3-18(23)8-16/h1-10,13-14H,11-12H2,(H2,26,27,30). The van der Waals surface area contributed by atoms with E-state index in [9.17, 15) is 0 Å². The van der Waals surface area contributed by atoms with Gasteiger partial charge in [-0.3, -0.25) is 9.36 Å². The molecule has 0 spiro atoms. The Morgan fingerprint density at radius 3 is 2.00 bits per heavy atom. The van der Waals surface area contributed by atoms with Crippen LogP contribution in [0.5, 0.6) is 0 Å². The average Bonchev–Trinajstić information content (AvgIpc) is 3.33. The van der Waals surface area contributed by atoms with Gasteiger partial charge >= 0.3 is 0 Å². The predicted molar refractivity (Wildman–Crippen MR) is 125 cm³/mol. The van der Waals surface area contributed by atoms with Crippen LogP contribution in [0.25, 0.3) is 0 Å². The molecule has 0 atom stereocenters. The number of benzene rings is 2. The smallest absolute Gasteiger partial charge is 0.175 e. The van der Waals surface area contributed by atoms with Crippen LogP contribution in [0.4, 0.5) is 11.4 Å². The second-order valence-electron chi connectivity index (χ2n) is 6.69. The van der Waals surface area contributed by atoms with Crippen LogP contribution in [-0.4, -0.2) is 24.7 Å². The molecule has 0 saturated heterocycles. The second-order valence-corrected chi connectivity index (χ2v) is 7.97. The van der Waals surface area contributed by atoms with Crippen molar-refractivity contribution in [2.45, 2.75) is 13.1 Å². The van der Waals surface area contributed by atoms with Gasteiger partial charge in [-0.25, -0.2) is 0 Å². The highest BCUT2D eigenvalue weighted by Gasteiger charge is 2.05. The minimum atomic E-state index is 0.461. The molecule has 152 valence electrons. The van der Waals surface area contributed by atoms with E-state index in [1.54, 1.807) is 12.4 Å². The summed E-state index contributed by atoms with van der Waals surface area (Å²) in [4.78, 5) is 0. The van der Waals surface area contributed by atoms with Crippen LogP contribution in [-0.2, 0) is 13.1 Å². The first-order valence-corrected chi connectivity index (χ1v) is 10.3. The van der Waals surface area contributed by atoms with Crippen molar-refractivity contribution in [1.29, 1.82) is 0 Å². The van der Waals surface area contributed by atoms with Crippen LogP contribution < -0.4 is 10.6 Å². The number of rotatable bonds is 6. The van der Waals surface area contributed by atoms with E-state index >= 15 is 0 Å².